The highest BCUT2D eigenvalue weighted by Gasteiger charge is 2.50. The largest absolute Gasteiger partial charge is 0.497 e. The minimum absolute atomic E-state index is 0.0519. The summed E-state index contributed by atoms with van der Waals surface area (Å²) >= 11 is 0. The molecule has 3 heterocycles. The first kappa shape index (κ1) is 19.8. The van der Waals surface area contributed by atoms with Gasteiger partial charge in [-0.1, -0.05) is 17.3 Å². The molecule has 0 bridgehead atoms. The normalized spacial score (nSPS) is 14.8. The van der Waals surface area contributed by atoms with E-state index in [1.165, 1.54) is 0 Å². The number of hydrogen-bond acceptors (Lipinski definition) is 7. The van der Waals surface area contributed by atoms with Gasteiger partial charge in [0.25, 0.3) is 0 Å². The van der Waals surface area contributed by atoms with E-state index < -0.39 is 5.41 Å². The molecule has 9 nitrogen and oxygen atoms in total. The smallest absolute Gasteiger partial charge is 0.230 e. The van der Waals surface area contributed by atoms with Gasteiger partial charge in [0.05, 0.1) is 18.7 Å². The van der Waals surface area contributed by atoms with Crippen molar-refractivity contribution in [2.75, 3.05) is 31.6 Å². The topological polar surface area (TPSA) is 98.1 Å². The standard InChI is InChI=1S/C21H25N7O2/c1-30-18-6-2-5-17(13-18)14-21(15-27(16-21)20-23-7-3-8-24-20)19(29)22-9-4-11-28-12-10-25-26-28/h2-3,5-8,10,12-13H,4,9,11,14-16H2,1H3,(H,22,29). The maximum absolute atomic E-state index is 13.2. The lowest BCUT2D eigenvalue weighted by molar-refractivity contribution is -0.132. The van der Waals surface area contributed by atoms with Crippen LogP contribution in [0.25, 0.3) is 0 Å². The highest BCUT2D eigenvalue weighted by Crippen LogP contribution is 2.37. The first-order valence-corrected chi connectivity index (χ1v) is 9.96. The van der Waals surface area contributed by atoms with E-state index in [1.807, 2.05) is 35.4 Å². The molecule has 0 unspecified atom stereocenters. The Morgan fingerprint density at radius 1 is 1.20 bits per heavy atom. The van der Waals surface area contributed by atoms with Crippen LogP contribution in [0.5, 0.6) is 5.75 Å². The molecule has 1 saturated heterocycles. The number of nitrogens with one attached hydrogen (secondary N) is 1. The van der Waals surface area contributed by atoms with Gasteiger partial charge in [-0.2, -0.15) is 0 Å². The van der Waals surface area contributed by atoms with Crippen molar-refractivity contribution >= 4 is 11.9 Å². The number of carbonyl (C=O) groups is 1. The summed E-state index contributed by atoms with van der Waals surface area (Å²) in [5.74, 6) is 1.49. The molecule has 156 valence electrons. The van der Waals surface area contributed by atoms with Crippen molar-refractivity contribution in [1.29, 1.82) is 0 Å². The molecule has 0 spiro atoms. The molecule has 2 aromatic heterocycles. The predicted molar refractivity (Wildman–Crippen MR) is 111 cm³/mol. The van der Waals surface area contributed by atoms with Gasteiger partial charge in [-0.05, 0) is 36.6 Å². The zero-order valence-electron chi connectivity index (χ0n) is 16.9. The van der Waals surface area contributed by atoms with Gasteiger partial charge >= 0.3 is 0 Å². The van der Waals surface area contributed by atoms with Gasteiger partial charge in [-0.25, -0.2) is 9.97 Å². The number of rotatable bonds is 9. The Morgan fingerprint density at radius 2 is 2.03 bits per heavy atom. The van der Waals surface area contributed by atoms with E-state index in [0.29, 0.717) is 38.5 Å². The van der Waals surface area contributed by atoms with Crippen LogP contribution in [-0.4, -0.2) is 57.6 Å². The van der Waals surface area contributed by atoms with Crippen molar-refractivity contribution in [2.24, 2.45) is 5.41 Å². The molecule has 1 N–H and O–H groups in total. The molecule has 1 fully saturated rings. The van der Waals surface area contributed by atoms with Crippen LogP contribution in [0.4, 0.5) is 5.95 Å². The Bertz CT molecular complexity index is 957. The van der Waals surface area contributed by atoms with Crippen molar-refractivity contribution in [2.45, 2.75) is 19.4 Å². The van der Waals surface area contributed by atoms with Gasteiger partial charge in [0.2, 0.25) is 11.9 Å². The van der Waals surface area contributed by atoms with Crippen LogP contribution in [0, 0.1) is 5.41 Å². The van der Waals surface area contributed by atoms with Crippen molar-refractivity contribution in [3.63, 3.8) is 0 Å². The van der Waals surface area contributed by atoms with E-state index in [2.05, 4.69) is 25.6 Å². The number of hydrogen-bond donors (Lipinski definition) is 1. The number of nitrogens with zero attached hydrogens (tertiary/aromatic N) is 6. The van der Waals surface area contributed by atoms with Crippen LogP contribution < -0.4 is 15.0 Å². The molecule has 9 heteroatoms. The third-order valence-electron chi connectivity index (χ3n) is 5.30. The Labute approximate surface area is 175 Å². The van der Waals surface area contributed by atoms with Gasteiger partial charge in [0.15, 0.2) is 0 Å². The molecule has 4 rings (SSSR count). The number of aromatic nitrogens is 5. The fourth-order valence-corrected chi connectivity index (χ4v) is 3.77. The zero-order valence-corrected chi connectivity index (χ0v) is 16.9. The van der Waals surface area contributed by atoms with Gasteiger partial charge in [-0.15, -0.1) is 5.10 Å². The molecular weight excluding hydrogens is 382 g/mol. The molecule has 0 saturated carbocycles. The Balaban J connectivity index is 1.42. The second kappa shape index (κ2) is 8.89. The zero-order chi connectivity index (χ0) is 20.8. The van der Waals surface area contributed by atoms with Crippen molar-refractivity contribution < 1.29 is 9.53 Å². The van der Waals surface area contributed by atoms with Gasteiger partial charge < -0.3 is 15.0 Å². The molecule has 1 aliphatic heterocycles. The molecule has 1 aromatic carbocycles. The highest BCUT2D eigenvalue weighted by molar-refractivity contribution is 5.86. The summed E-state index contributed by atoms with van der Waals surface area (Å²) < 4.78 is 7.10. The molecule has 1 aliphatic rings. The summed E-state index contributed by atoms with van der Waals surface area (Å²) in [5.41, 5.74) is 0.541. The lowest BCUT2D eigenvalue weighted by Gasteiger charge is -2.49. The predicted octanol–water partition coefficient (Wildman–Crippen LogP) is 1.33. The number of methoxy groups -OCH3 is 1. The van der Waals surface area contributed by atoms with E-state index in [9.17, 15) is 4.79 Å². The summed E-state index contributed by atoms with van der Waals surface area (Å²) in [6, 6.07) is 9.67. The van der Waals surface area contributed by atoms with Crippen LogP contribution in [0.15, 0.2) is 55.1 Å². The molecule has 3 aromatic rings. The second-order valence-electron chi connectivity index (χ2n) is 7.49. The third-order valence-corrected chi connectivity index (χ3v) is 5.30. The van der Waals surface area contributed by atoms with E-state index in [1.54, 1.807) is 36.4 Å². The van der Waals surface area contributed by atoms with Gasteiger partial charge in [0.1, 0.15) is 5.75 Å². The van der Waals surface area contributed by atoms with Gasteiger partial charge in [-0.3, -0.25) is 9.48 Å². The number of ether oxygens (including phenoxy) is 1. The summed E-state index contributed by atoms with van der Waals surface area (Å²) in [4.78, 5) is 23.9. The quantitative estimate of drug-likeness (QED) is 0.535. The highest BCUT2D eigenvalue weighted by atomic mass is 16.5. The average molecular weight is 407 g/mol. The number of amides is 1. The first-order chi connectivity index (χ1) is 14.7. The van der Waals surface area contributed by atoms with Crippen LogP contribution in [0.1, 0.15) is 12.0 Å². The fourth-order valence-electron chi connectivity index (χ4n) is 3.77. The SMILES string of the molecule is COc1cccc(CC2(C(=O)NCCCn3ccnn3)CN(c3ncccn3)C2)c1. The summed E-state index contributed by atoms with van der Waals surface area (Å²) in [6.45, 7) is 2.44. The first-order valence-electron chi connectivity index (χ1n) is 9.96. The van der Waals surface area contributed by atoms with E-state index >= 15 is 0 Å². The Morgan fingerprint density at radius 3 is 2.77 bits per heavy atom. The summed E-state index contributed by atoms with van der Waals surface area (Å²) in [5, 5.41) is 10.8. The van der Waals surface area contributed by atoms with Crippen molar-refractivity contribution in [3.8, 4) is 5.75 Å². The number of benzene rings is 1. The number of aryl methyl sites for hydroxylation is 1. The molecule has 0 aliphatic carbocycles. The third kappa shape index (κ3) is 4.40. The van der Waals surface area contributed by atoms with Crippen LogP contribution >= 0.6 is 0 Å². The van der Waals surface area contributed by atoms with Gasteiger partial charge in [0, 0.05) is 44.8 Å². The lowest BCUT2D eigenvalue weighted by Crippen LogP contribution is -2.65. The number of anilines is 1. The summed E-state index contributed by atoms with van der Waals surface area (Å²) in [6.07, 6.45) is 8.31. The molecule has 0 radical (unpaired) electrons. The van der Waals surface area contributed by atoms with Crippen molar-refractivity contribution in [3.05, 3.63) is 60.7 Å². The van der Waals surface area contributed by atoms with Crippen molar-refractivity contribution in [1.82, 2.24) is 30.3 Å². The van der Waals surface area contributed by atoms with E-state index in [4.69, 9.17) is 4.74 Å². The average Bonchev–Trinajstić information content (AvgIpc) is 3.27. The number of carbonyl (C=O) groups excluding carboxylic acids is 1. The van der Waals surface area contributed by atoms with E-state index in [0.717, 1.165) is 17.7 Å². The Kier molecular flexibility index (Phi) is 5.87. The molecule has 30 heavy (non-hydrogen) atoms. The monoisotopic (exact) mass is 407 g/mol. The summed E-state index contributed by atoms with van der Waals surface area (Å²) in [7, 11) is 1.65. The Hall–Kier alpha value is -3.49. The maximum atomic E-state index is 13.2. The lowest BCUT2D eigenvalue weighted by atomic mass is 9.74. The fraction of sp³-hybridized carbons (Fsp3) is 0.381. The minimum atomic E-state index is -0.529. The minimum Gasteiger partial charge on any atom is -0.497 e. The van der Waals surface area contributed by atoms with E-state index in [-0.39, 0.29) is 5.91 Å². The maximum Gasteiger partial charge on any atom is 0.230 e. The molecular formula is C21H25N7O2. The van der Waals surface area contributed by atoms with Crippen LogP contribution in [0.2, 0.25) is 0 Å². The van der Waals surface area contributed by atoms with Crippen LogP contribution in [0.3, 0.4) is 0 Å². The molecule has 0 atom stereocenters. The van der Waals surface area contributed by atoms with Crippen LogP contribution in [-0.2, 0) is 17.8 Å². The second-order valence-corrected chi connectivity index (χ2v) is 7.49. The molecule has 1 amide bonds.